The van der Waals surface area contributed by atoms with Crippen LogP contribution in [0.4, 0.5) is 11.4 Å². The number of carbonyl (C=O) groups is 2. The molecule has 0 bridgehead atoms. The van der Waals surface area contributed by atoms with Gasteiger partial charge in [0.05, 0.1) is 21.8 Å². The first kappa shape index (κ1) is 47.2. The first-order valence-corrected chi connectivity index (χ1v) is 23.9. The maximum Gasteiger partial charge on any atom is 0.261 e. The number of hydrogen-bond donors (Lipinski definition) is 8. The van der Waals surface area contributed by atoms with Crippen molar-refractivity contribution in [1.82, 2.24) is 10.6 Å². The SMILES string of the molecule is CCCCS(=O)(=O)Nc1ccc(CCNC(=O)c2cc3cc(O)ccc3cc2O)cc1.Cc1ccc(S(=O)(=O)Nc2ccc(CCNC(=O)c3cc4cc(O)ccc4cc3O)cc2)cc1. The molecule has 0 unspecified atom stereocenters. The molecule has 338 valence electrons. The molecule has 0 aliphatic heterocycles. The number of phenolic OH excluding ortho intramolecular Hbond substituents is 4. The Kier molecular flexibility index (Phi) is 15.2. The maximum absolute atomic E-state index is 12.5. The highest BCUT2D eigenvalue weighted by Crippen LogP contribution is 2.29. The minimum Gasteiger partial charge on any atom is -0.508 e. The van der Waals surface area contributed by atoms with Crippen LogP contribution in [0.5, 0.6) is 23.0 Å². The van der Waals surface area contributed by atoms with Gasteiger partial charge in [-0.3, -0.25) is 19.0 Å². The summed E-state index contributed by atoms with van der Waals surface area (Å²) in [5.41, 5.74) is 4.03. The van der Waals surface area contributed by atoms with Crippen molar-refractivity contribution in [3.63, 3.8) is 0 Å². The second kappa shape index (κ2) is 20.9. The summed E-state index contributed by atoms with van der Waals surface area (Å²) in [4.78, 5) is 25.2. The van der Waals surface area contributed by atoms with Crippen molar-refractivity contribution in [2.45, 2.75) is 44.4 Å². The Bertz CT molecular complexity index is 3030. The molecule has 2 amide bonds. The fraction of sp³-hybridized carbons (Fsp3) is 0.184. The lowest BCUT2D eigenvalue weighted by Crippen LogP contribution is -2.25. The standard InChI is InChI=1S/C26H24N2O5S.C23H26N2O5S/c1-17-2-10-23(11-3-17)34(32,33)28-21-7-4-18(5-8-21)12-13-27-26(31)24-15-20-14-22(29)9-6-19(20)16-25(24)30;1-2-3-12-31(29,30)25-19-7-4-16(5-8-19)10-11-24-23(28)21-14-18-13-20(26)9-6-17(18)15-22(21)27/h2-11,14-16,28-30H,12-13H2,1H3,(H,27,31);4-9,13-15,25-27H,2-3,10-12H2,1H3,(H,24,28). The highest BCUT2D eigenvalue weighted by molar-refractivity contribution is 7.93. The zero-order valence-corrected chi connectivity index (χ0v) is 37.3. The third-order valence-corrected chi connectivity index (χ3v) is 13.1. The largest absolute Gasteiger partial charge is 0.508 e. The Morgan fingerprint density at radius 3 is 1.42 bits per heavy atom. The molecule has 65 heavy (non-hydrogen) atoms. The molecule has 0 fully saturated rings. The van der Waals surface area contributed by atoms with Crippen molar-refractivity contribution >= 4 is 64.8 Å². The number of unbranched alkanes of at least 4 members (excludes halogenated alkanes) is 1. The van der Waals surface area contributed by atoms with E-state index in [2.05, 4.69) is 20.1 Å². The highest BCUT2D eigenvalue weighted by Gasteiger charge is 2.16. The van der Waals surface area contributed by atoms with E-state index in [1.54, 1.807) is 91.0 Å². The van der Waals surface area contributed by atoms with Gasteiger partial charge in [-0.05, 0) is 144 Å². The van der Waals surface area contributed by atoms with Gasteiger partial charge >= 0.3 is 0 Å². The van der Waals surface area contributed by atoms with Crippen LogP contribution in [0.3, 0.4) is 0 Å². The summed E-state index contributed by atoms with van der Waals surface area (Å²) in [7, 11) is -7.01. The van der Waals surface area contributed by atoms with Crippen molar-refractivity contribution in [3.05, 3.63) is 161 Å². The Balaban J connectivity index is 0.000000216. The first-order valence-electron chi connectivity index (χ1n) is 20.7. The number of anilines is 2. The van der Waals surface area contributed by atoms with Gasteiger partial charge in [-0.15, -0.1) is 0 Å². The molecule has 0 saturated heterocycles. The van der Waals surface area contributed by atoms with E-state index < -0.39 is 31.9 Å². The number of fused-ring (bicyclic) bond motifs is 2. The third-order valence-electron chi connectivity index (χ3n) is 10.3. The molecular formula is C49H50N4O10S2. The van der Waals surface area contributed by atoms with Crippen molar-refractivity contribution in [3.8, 4) is 23.0 Å². The van der Waals surface area contributed by atoms with Gasteiger partial charge in [-0.25, -0.2) is 16.8 Å². The molecule has 0 saturated carbocycles. The summed E-state index contributed by atoms with van der Waals surface area (Å²) in [6.45, 7) is 4.50. The number of sulfonamides is 2. The summed E-state index contributed by atoms with van der Waals surface area (Å²) < 4.78 is 54.1. The number of aromatic hydroxyl groups is 4. The van der Waals surface area contributed by atoms with E-state index in [0.717, 1.165) is 28.5 Å². The Hall–Kier alpha value is -7.30. The van der Waals surface area contributed by atoms with Gasteiger partial charge in [0.15, 0.2) is 0 Å². The molecule has 7 rings (SSSR count). The summed E-state index contributed by atoms with van der Waals surface area (Å²) in [6.07, 6.45) is 2.49. The van der Waals surface area contributed by atoms with Crippen molar-refractivity contribution in [1.29, 1.82) is 0 Å². The Labute approximate surface area is 377 Å². The molecule has 0 radical (unpaired) electrons. The lowest BCUT2D eigenvalue weighted by atomic mass is 10.0. The summed E-state index contributed by atoms with van der Waals surface area (Å²) in [5.74, 6) is -0.849. The minimum absolute atomic E-state index is 0.0779. The third kappa shape index (κ3) is 13.1. The van der Waals surface area contributed by atoms with E-state index in [0.29, 0.717) is 59.9 Å². The smallest absolute Gasteiger partial charge is 0.261 e. The number of aryl methyl sites for hydroxylation is 1. The van der Waals surface area contributed by atoms with Crippen LogP contribution < -0.4 is 20.1 Å². The molecule has 0 aromatic heterocycles. The topological polar surface area (TPSA) is 231 Å². The van der Waals surface area contributed by atoms with Crippen molar-refractivity contribution in [2.75, 3.05) is 28.3 Å². The zero-order valence-electron chi connectivity index (χ0n) is 35.7. The van der Waals surface area contributed by atoms with Crippen LogP contribution >= 0.6 is 0 Å². The average Bonchev–Trinajstić information content (AvgIpc) is 3.27. The average molecular weight is 919 g/mol. The van der Waals surface area contributed by atoms with Crippen molar-refractivity contribution in [2.24, 2.45) is 0 Å². The maximum atomic E-state index is 12.5. The normalized spacial score (nSPS) is 11.4. The fourth-order valence-electron chi connectivity index (χ4n) is 6.72. The highest BCUT2D eigenvalue weighted by atomic mass is 32.2. The van der Waals surface area contributed by atoms with E-state index in [-0.39, 0.29) is 44.8 Å². The number of benzene rings is 7. The lowest BCUT2D eigenvalue weighted by molar-refractivity contribution is 0.0943. The van der Waals surface area contributed by atoms with Crippen LogP contribution in [-0.4, -0.2) is 67.9 Å². The van der Waals surface area contributed by atoms with Crippen LogP contribution in [0, 0.1) is 6.92 Å². The van der Waals surface area contributed by atoms with E-state index in [1.807, 2.05) is 13.8 Å². The zero-order chi connectivity index (χ0) is 46.7. The number of rotatable bonds is 16. The van der Waals surface area contributed by atoms with E-state index in [1.165, 1.54) is 42.5 Å². The molecule has 14 nitrogen and oxygen atoms in total. The van der Waals surface area contributed by atoms with Gasteiger partial charge in [-0.2, -0.15) is 0 Å². The molecule has 0 heterocycles. The monoisotopic (exact) mass is 918 g/mol. The van der Waals surface area contributed by atoms with Gasteiger partial charge in [0.25, 0.3) is 21.8 Å². The van der Waals surface area contributed by atoms with E-state index in [4.69, 9.17) is 0 Å². The Morgan fingerprint density at radius 2 is 0.969 bits per heavy atom. The number of amides is 2. The molecule has 0 spiro atoms. The summed E-state index contributed by atoms with van der Waals surface area (Å²) >= 11 is 0. The van der Waals surface area contributed by atoms with Gasteiger partial charge < -0.3 is 31.1 Å². The molecule has 0 aliphatic carbocycles. The predicted octanol–water partition coefficient (Wildman–Crippen LogP) is 8.10. The van der Waals surface area contributed by atoms with Crippen LogP contribution in [0.15, 0.2) is 138 Å². The van der Waals surface area contributed by atoms with Crippen LogP contribution in [0.25, 0.3) is 21.5 Å². The lowest BCUT2D eigenvalue weighted by Gasteiger charge is -2.10. The number of nitrogens with one attached hydrogen (secondary N) is 4. The van der Waals surface area contributed by atoms with E-state index >= 15 is 0 Å². The van der Waals surface area contributed by atoms with Crippen LogP contribution in [-0.2, 0) is 32.9 Å². The first-order chi connectivity index (χ1) is 31.0. The fourth-order valence-corrected chi connectivity index (χ4v) is 9.04. The molecule has 7 aromatic carbocycles. The molecule has 16 heteroatoms. The van der Waals surface area contributed by atoms with Crippen LogP contribution in [0.1, 0.15) is 57.2 Å². The van der Waals surface area contributed by atoms with Crippen molar-refractivity contribution < 1.29 is 46.9 Å². The van der Waals surface area contributed by atoms with Gasteiger partial charge in [0, 0.05) is 24.5 Å². The number of hydrogen-bond acceptors (Lipinski definition) is 10. The molecular weight excluding hydrogens is 869 g/mol. The molecule has 7 aromatic rings. The predicted molar refractivity (Wildman–Crippen MR) is 254 cm³/mol. The van der Waals surface area contributed by atoms with E-state index in [9.17, 15) is 46.9 Å². The van der Waals surface area contributed by atoms with Gasteiger partial charge in [0.2, 0.25) is 10.0 Å². The number of carbonyl (C=O) groups excluding carboxylic acids is 2. The van der Waals surface area contributed by atoms with Gasteiger partial charge in [0.1, 0.15) is 23.0 Å². The van der Waals surface area contributed by atoms with Gasteiger partial charge in [-0.1, -0.05) is 67.4 Å². The summed E-state index contributed by atoms with van der Waals surface area (Å²) in [6, 6.07) is 36.0. The molecule has 0 aliphatic rings. The quantitative estimate of drug-likeness (QED) is 0.0464. The second-order valence-electron chi connectivity index (χ2n) is 15.4. The minimum atomic E-state index is -3.67. The summed E-state index contributed by atoms with van der Waals surface area (Å²) in [5, 5.41) is 47.9. The molecule has 0 atom stereocenters. The van der Waals surface area contributed by atoms with Crippen LogP contribution in [0.2, 0.25) is 0 Å². The number of phenols is 4. The molecule has 8 N–H and O–H groups in total. The Morgan fingerprint density at radius 1 is 0.523 bits per heavy atom. The second-order valence-corrected chi connectivity index (χ2v) is 18.9.